The van der Waals surface area contributed by atoms with E-state index in [-0.39, 0.29) is 12.5 Å². The van der Waals surface area contributed by atoms with Crippen LogP contribution in [-0.2, 0) is 20.9 Å². The van der Waals surface area contributed by atoms with Crippen LogP contribution in [0.15, 0.2) is 23.0 Å². The summed E-state index contributed by atoms with van der Waals surface area (Å²) in [6.45, 7) is -0.394. The molecule has 0 unspecified atom stereocenters. The van der Waals surface area contributed by atoms with Crippen LogP contribution >= 0.6 is 0 Å². The molecule has 2 N–H and O–H groups in total. The van der Waals surface area contributed by atoms with Gasteiger partial charge in [-0.05, 0) is 6.07 Å². The first-order valence-electron chi connectivity index (χ1n) is 4.26. The van der Waals surface area contributed by atoms with Crippen molar-refractivity contribution < 1.29 is 23.8 Å². The number of hydrogen-bond acceptors (Lipinski definition) is 4. The van der Waals surface area contributed by atoms with Crippen LogP contribution in [0.3, 0.4) is 0 Å². The Hall–Kier alpha value is -1.82. The number of nitrogens with one attached hydrogen (secondary N) is 1. The van der Waals surface area contributed by atoms with Crippen LogP contribution in [0.25, 0.3) is 0 Å². The Bertz CT molecular complexity index is 319. The number of aliphatic carboxylic acids is 1. The van der Waals surface area contributed by atoms with Crippen molar-refractivity contribution in [1.29, 1.82) is 0 Å². The molecule has 0 saturated carbocycles. The molecule has 82 valence electrons. The first-order valence-corrected chi connectivity index (χ1v) is 4.26. The minimum Gasteiger partial charge on any atom is -0.480 e. The topological polar surface area (TPSA) is 88.8 Å². The number of hydrogen-bond donors (Lipinski definition) is 2. The number of carbonyl (C=O) groups is 2. The average Bonchev–Trinajstić information content (AvgIpc) is 2.66. The van der Waals surface area contributed by atoms with Crippen LogP contribution < -0.4 is 5.32 Å². The minimum atomic E-state index is -1.10. The van der Waals surface area contributed by atoms with Gasteiger partial charge in [-0.15, -0.1) is 0 Å². The lowest BCUT2D eigenvalue weighted by atomic mass is 10.3. The van der Waals surface area contributed by atoms with E-state index < -0.39 is 12.6 Å². The summed E-state index contributed by atoms with van der Waals surface area (Å²) < 4.78 is 9.39. The highest BCUT2D eigenvalue weighted by molar-refractivity contribution is 5.77. The molecule has 1 heterocycles. The first kappa shape index (κ1) is 11.3. The molecule has 0 aromatic carbocycles. The van der Waals surface area contributed by atoms with Gasteiger partial charge in [-0.25, -0.2) is 4.79 Å². The van der Waals surface area contributed by atoms with Gasteiger partial charge in [-0.3, -0.25) is 4.79 Å². The molecule has 1 aromatic heterocycles. The summed E-state index contributed by atoms with van der Waals surface area (Å²) >= 11 is 0. The van der Waals surface area contributed by atoms with E-state index in [2.05, 4.69) is 10.1 Å². The van der Waals surface area contributed by atoms with E-state index in [1.807, 2.05) is 0 Å². The maximum atomic E-state index is 11.1. The molecular weight excluding hydrogens is 202 g/mol. The smallest absolute Gasteiger partial charge is 0.329 e. The van der Waals surface area contributed by atoms with Crippen molar-refractivity contribution in [3.8, 4) is 0 Å². The molecule has 0 atom stereocenters. The minimum absolute atomic E-state index is 0.260. The SMILES string of the molecule is O=C(O)COCC(=O)NCc1ccoc1. The second-order valence-corrected chi connectivity index (χ2v) is 2.79. The monoisotopic (exact) mass is 213 g/mol. The van der Waals surface area contributed by atoms with E-state index in [9.17, 15) is 9.59 Å². The molecule has 0 saturated heterocycles. The second kappa shape index (κ2) is 5.82. The summed E-state index contributed by atoms with van der Waals surface area (Å²) in [5.74, 6) is -1.46. The van der Waals surface area contributed by atoms with Gasteiger partial charge in [0.2, 0.25) is 5.91 Å². The molecular formula is C9H11NO5. The Labute approximate surface area is 85.8 Å². The lowest BCUT2D eigenvalue weighted by Gasteiger charge is -2.02. The molecule has 0 radical (unpaired) electrons. The third-order valence-electron chi connectivity index (χ3n) is 1.53. The van der Waals surface area contributed by atoms with E-state index >= 15 is 0 Å². The fourth-order valence-corrected chi connectivity index (χ4v) is 0.876. The zero-order chi connectivity index (χ0) is 11.1. The fraction of sp³-hybridized carbons (Fsp3) is 0.333. The normalized spacial score (nSPS) is 9.87. The van der Waals surface area contributed by atoms with Gasteiger partial charge in [0.25, 0.3) is 0 Å². The largest absolute Gasteiger partial charge is 0.480 e. The highest BCUT2D eigenvalue weighted by Gasteiger charge is 2.03. The van der Waals surface area contributed by atoms with Crippen LogP contribution in [0, 0.1) is 0 Å². The third-order valence-corrected chi connectivity index (χ3v) is 1.53. The first-order chi connectivity index (χ1) is 7.18. The van der Waals surface area contributed by atoms with Crippen molar-refractivity contribution in [2.45, 2.75) is 6.54 Å². The van der Waals surface area contributed by atoms with Gasteiger partial charge < -0.3 is 19.6 Å². The van der Waals surface area contributed by atoms with E-state index in [4.69, 9.17) is 9.52 Å². The van der Waals surface area contributed by atoms with Crippen molar-refractivity contribution in [2.24, 2.45) is 0 Å². The molecule has 0 spiro atoms. The zero-order valence-electron chi connectivity index (χ0n) is 7.93. The molecule has 0 aliphatic heterocycles. The van der Waals surface area contributed by atoms with Crippen LogP contribution in [0.4, 0.5) is 0 Å². The molecule has 1 aromatic rings. The van der Waals surface area contributed by atoms with Crippen LogP contribution in [0.2, 0.25) is 0 Å². The average molecular weight is 213 g/mol. The molecule has 0 bridgehead atoms. The number of ether oxygens (including phenoxy) is 1. The number of furan rings is 1. The van der Waals surface area contributed by atoms with Crippen molar-refractivity contribution in [1.82, 2.24) is 5.32 Å². The van der Waals surface area contributed by atoms with Crippen LogP contribution in [-0.4, -0.2) is 30.2 Å². The van der Waals surface area contributed by atoms with Crippen molar-refractivity contribution in [3.05, 3.63) is 24.2 Å². The van der Waals surface area contributed by atoms with Crippen LogP contribution in [0.1, 0.15) is 5.56 Å². The van der Waals surface area contributed by atoms with Gasteiger partial charge in [0.1, 0.15) is 13.2 Å². The summed E-state index contributed by atoms with van der Waals surface area (Å²) in [5.41, 5.74) is 0.835. The second-order valence-electron chi connectivity index (χ2n) is 2.79. The highest BCUT2D eigenvalue weighted by atomic mass is 16.5. The molecule has 1 rings (SSSR count). The summed E-state index contributed by atoms with van der Waals surface area (Å²) in [4.78, 5) is 21.1. The quantitative estimate of drug-likeness (QED) is 0.694. The number of carbonyl (C=O) groups excluding carboxylic acids is 1. The summed E-state index contributed by atoms with van der Waals surface area (Å²) in [6.07, 6.45) is 3.01. The maximum Gasteiger partial charge on any atom is 0.329 e. The predicted octanol–water partition coefficient (Wildman–Crippen LogP) is -0.00300. The Balaban J connectivity index is 2.11. The van der Waals surface area contributed by atoms with Gasteiger partial charge >= 0.3 is 5.97 Å². The molecule has 15 heavy (non-hydrogen) atoms. The van der Waals surface area contributed by atoms with E-state index in [0.29, 0.717) is 6.54 Å². The lowest BCUT2D eigenvalue weighted by Crippen LogP contribution is -2.27. The molecule has 0 aliphatic rings. The maximum absolute atomic E-state index is 11.1. The number of amides is 1. The summed E-state index contributed by atoms with van der Waals surface area (Å²) in [6, 6.07) is 1.72. The Kier molecular flexibility index (Phi) is 4.36. The van der Waals surface area contributed by atoms with Gasteiger partial charge in [-0.1, -0.05) is 0 Å². The Morgan fingerprint density at radius 1 is 1.47 bits per heavy atom. The molecule has 0 fully saturated rings. The Morgan fingerprint density at radius 2 is 2.27 bits per heavy atom. The molecule has 0 aliphatic carbocycles. The predicted molar refractivity (Wildman–Crippen MR) is 49.0 cm³/mol. The van der Waals surface area contributed by atoms with Crippen molar-refractivity contribution in [3.63, 3.8) is 0 Å². The summed E-state index contributed by atoms with van der Waals surface area (Å²) in [5, 5.41) is 10.8. The van der Waals surface area contributed by atoms with Crippen molar-refractivity contribution >= 4 is 11.9 Å². The molecule has 6 heteroatoms. The third kappa shape index (κ3) is 4.82. The highest BCUT2D eigenvalue weighted by Crippen LogP contribution is 1.98. The molecule has 6 nitrogen and oxygen atoms in total. The van der Waals surface area contributed by atoms with E-state index in [0.717, 1.165) is 5.56 Å². The standard InChI is InChI=1S/C9H11NO5/c11-8(5-15-6-9(12)13)10-3-7-1-2-14-4-7/h1-2,4H,3,5-6H2,(H,10,11)(H,12,13). The number of carboxylic acids is 1. The van der Waals surface area contributed by atoms with Crippen molar-refractivity contribution in [2.75, 3.05) is 13.2 Å². The molecule has 1 amide bonds. The Morgan fingerprint density at radius 3 is 2.87 bits per heavy atom. The number of carboxylic acid groups (broad SMARTS) is 1. The van der Waals surface area contributed by atoms with E-state index in [1.54, 1.807) is 6.07 Å². The van der Waals surface area contributed by atoms with E-state index in [1.165, 1.54) is 12.5 Å². The number of rotatable bonds is 6. The van der Waals surface area contributed by atoms with Crippen LogP contribution in [0.5, 0.6) is 0 Å². The van der Waals surface area contributed by atoms with Gasteiger partial charge in [0.05, 0.1) is 12.5 Å². The fourth-order valence-electron chi connectivity index (χ4n) is 0.876. The van der Waals surface area contributed by atoms with Gasteiger partial charge in [-0.2, -0.15) is 0 Å². The van der Waals surface area contributed by atoms with Gasteiger partial charge in [0.15, 0.2) is 0 Å². The summed E-state index contributed by atoms with van der Waals surface area (Å²) in [7, 11) is 0. The van der Waals surface area contributed by atoms with Gasteiger partial charge in [0, 0.05) is 12.1 Å². The lowest BCUT2D eigenvalue weighted by molar-refractivity contribution is -0.143. The zero-order valence-corrected chi connectivity index (χ0v) is 7.93.